The number of nitrogens with one attached hydrogen (secondary N) is 2. The lowest BCUT2D eigenvalue weighted by Gasteiger charge is -2.32. The van der Waals surface area contributed by atoms with E-state index in [1.54, 1.807) is 7.11 Å². The van der Waals surface area contributed by atoms with Gasteiger partial charge in [-0.25, -0.2) is 4.79 Å². The summed E-state index contributed by atoms with van der Waals surface area (Å²) < 4.78 is 5.20. The van der Waals surface area contributed by atoms with Gasteiger partial charge in [0.25, 0.3) is 0 Å². The van der Waals surface area contributed by atoms with Gasteiger partial charge in [0.2, 0.25) is 0 Å². The van der Waals surface area contributed by atoms with E-state index in [-0.39, 0.29) is 6.03 Å². The van der Waals surface area contributed by atoms with Gasteiger partial charge in [0.05, 0.1) is 6.61 Å². The van der Waals surface area contributed by atoms with Crippen LogP contribution in [0.2, 0.25) is 0 Å². The predicted molar refractivity (Wildman–Crippen MR) is 90.1 cm³/mol. The summed E-state index contributed by atoms with van der Waals surface area (Å²) in [6.45, 7) is 3.34. The highest BCUT2D eigenvalue weighted by Gasteiger charge is 2.32. The first-order valence-corrected chi connectivity index (χ1v) is 8.60. The van der Waals surface area contributed by atoms with Crippen molar-refractivity contribution in [2.45, 2.75) is 50.9 Å². The molecule has 0 radical (unpaired) electrons. The molecule has 126 valence electrons. The highest BCUT2D eigenvalue weighted by Crippen LogP contribution is 2.29. The first-order chi connectivity index (χ1) is 11.3. The second-order valence-corrected chi connectivity index (χ2v) is 6.57. The normalized spacial score (nSPS) is 19.5. The van der Waals surface area contributed by atoms with Gasteiger partial charge in [-0.3, -0.25) is 0 Å². The van der Waals surface area contributed by atoms with Crippen LogP contribution >= 0.6 is 0 Å². The van der Waals surface area contributed by atoms with Crippen LogP contribution in [-0.4, -0.2) is 43.2 Å². The van der Waals surface area contributed by atoms with Gasteiger partial charge in [-0.1, -0.05) is 24.3 Å². The third-order valence-electron chi connectivity index (χ3n) is 4.79. The fourth-order valence-electron chi connectivity index (χ4n) is 3.29. The number of ether oxygens (including phenoxy) is 1. The molecule has 0 unspecified atom stereocenters. The maximum atomic E-state index is 12.1. The maximum Gasteiger partial charge on any atom is 0.315 e. The van der Waals surface area contributed by atoms with E-state index in [0.717, 1.165) is 43.1 Å². The van der Waals surface area contributed by atoms with Gasteiger partial charge < -0.3 is 20.3 Å². The Kier molecular flexibility index (Phi) is 5.51. The van der Waals surface area contributed by atoms with E-state index in [4.69, 9.17) is 4.74 Å². The Morgan fingerprint density at radius 1 is 1.17 bits per heavy atom. The molecule has 3 rings (SSSR count). The highest BCUT2D eigenvalue weighted by atomic mass is 16.5. The van der Waals surface area contributed by atoms with E-state index in [1.165, 1.54) is 12.8 Å². The number of hydrogen-bond acceptors (Lipinski definition) is 3. The number of carbonyl (C=O) groups excluding carboxylic acids is 1. The lowest BCUT2D eigenvalue weighted by atomic mass is 10.1. The number of amides is 2. The van der Waals surface area contributed by atoms with Gasteiger partial charge in [-0.15, -0.1) is 0 Å². The van der Waals surface area contributed by atoms with Gasteiger partial charge in [0.15, 0.2) is 0 Å². The van der Waals surface area contributed by atoms with E-state index < -0.39 is 0 Å². The number of methoxy groups -OCH3 is 1. The van der Waals surface area contributed by atoms with Crippen molar-refractivity contribution in [1.29, 1.82) is 0 Å². The molecule has 2 aliphatic rings. The van der Waals surface area contributed by atoms with Crippen LogP contribution in [0, 0.1) is 0 Å². The summed E-state index contributed by atoms with van der Waals surface area (Å²) in [6, 6.07) is 9.12. The monoisotopic (exact) mass is 317 g/mol. The number of hydrogen-bond donors (Lipinski definition) is 2. The number of urea groups is 1. The first-order valence-electron chi connectivity index (χ1n) is 8.60. The minimum Gasteiger partial charge on any atom is -0.380 e. The second-order valence-electron chi connectivity index (χ2n) is 6.57. The molecule has 5 heteroatoms. The van der Waals surface area contributed by atoms with Crippen LogP contribution in [0.4, 0.5) is 4.79 Å². The van der Waals surface area contributed by atoms with Crippen LogP contribution < -0.4 is 10.6 Å². The molecule has 1 aliphatic carbocycles. The zero-order valence-corrected chi connectivity index (χ0v) is 13.9. The summed E-state index contributed by atoms with van der Waals surface area (Å²) >= 11 is 0. The van der Waals surface area contributed by atoms with Crippen molar-refractivity contribution in [1.82, 2.24) is 15.5 Å². The SMILES string of the molecule is COCc1ccccc1CNC(=O)NC1CCN(C2CC2)CC1. The Bertz CT molecular complexity index is 523. The fourth-order valence-corrected chi connectivity index (χ4v) is 3.29. The van der Waals surface area contributed by atoms with Gasteiger partial charge >= 0.3 is 6.03 Å². The fraction of sp³-hybridized carbons (Fsp3) is 0.611. The number of rotatable bonds is 6. The third-order valence-corrected chi connectivity index (χ3v) is 4.79. The Labute approximate surface area is 138 Å². The third kappa shape index (κ3) is 4.69. The largest absolute Gasteiger partial charge is 0.380 e. The van der Waals surface area contributed by atoms with Crippen molar-refractivity contribution in [3.8, 4) is 0 Å². The number of benzene rings is 1. The number of nitrogens with zero attached hydrogens (tertiary/aromatic N) is 1. The van der Waals surface area contributed by atoms with E-state index >= 15 is 0 Å². The van der Waals surface area contributed by atoms with E-state index in [1.807, 2.05) is 24.3 Å². The van der Waals surface area contributed by atoms with E-state index in [0.29, 0.717) is 19.2 Å². The van der Waals surface area contributed by atoms with Gasteiger partial charge in [0.1, 0.15) is 0 Å². The van der Waals surface area contributed by atoms with Crippen LogP contribution in [0.3, 0.4) is 0 Å². The summed E-state index contributed by atoms with van der Waals surface area (Å²) in [5.74, 6) is 0. The van der Waals surface area contributed by atoms with Crippen LogP contribution in [0.15, 0.2) is 24.3 Å². The van der Waals surface area contributed by atoms with Crippen LogP contribution in [0.1, 0.15) is 36.8 Å². The van der Waals surface area contributed by atoms with Gasteiger partial charge in [-0.2, -0.15) is 0 Å². The van der Waals surface area contributed by atoms with E-state index in [9.17, 15) is 4.79 Å². The number of carbonyl (C=O) groups is 1. The second kappa shape index (κ2) is 7.79. The lowest BCUT2D eigenvalue weighted by molar-refractivity contribution is 0.183. The van der Waals surface area contributed by atoms with E-state index in [2.05, 4.69) is 15.5 Å². The molecular formula is C18H27N3O2. The van der Waals surface area contributed by atoms with Crippen molar-refractivity contribution >= 4 is 6.03 Å². The summed E-state index contributed by atoms with van der Waals surface area (Å²) in [7, 11) is 1.69. The molecule has 0 spiro atoms. The molecule has 2 amide bonds. The topological polar surface area (TPSA) is 53.6 Å². The molecule has 5 nitrogen and oxygen atoms in total. The van der Waals surface area contributed by atoms with Crippen LogP contribution in [-0.2, 0) is 17.9 Å². The van der Waals surface area contributed by atoms with Gasteiger partial charge in [0, 0.05) is 38.8 Å². The lowest BCUT2D eigenvalue weighted by Crippen LogP contribution is -2.48. The zero-order valence-electron chi connectivity index (χ0n) is 13.9. The smallest absolute Gasteiger partial charge is 0.315 e. The quantitative estimate of drug-likeness (QED) is 0.846. The minimum atomic E-state index is -0.0675. The maximum absolute atomic E-state index is 12.1. The molecule has 0 bridgehead atoms. The average Bonchev–Trinajstić information content (AvgIpc) is 3.40. The molecule has 2 N–H and O–H groups in total. The molecular weight excluding hydrogens is 290 g/mol. The van der Waals surface area contributed by atoms with Crippen molar-refractivity contribution in [2.24, 2.45) is 0 Å². The standard InChI is InChI=1S/C18H27N3O2/c1-23-13-15-5-3-2-4-14(15)12-19-18(22)20-16-8-10-21(11-9-16)17-6-7-17/h2-5,16-17H,6-13H2,1H3,(H2,19,20,22). The van der Waals surface area contributed by atoms with Crippen LogP contribution in [0.5, 0.6) is 0 Å². The van der Waals surface area contributed by atoms with Crippen molar-refractivity contribution in [3.05, 3.63) is 35.4 Å². The molecule has 1 aromatic carbocycles. The Morgan fingerprint density at radius 3 is 2.52 bits per heavy atom. The predicted octanol–water partition coefficient (Wildman–Crippen LogP) is 2.26. The highest BCUT2D eigenvalue weighted by molar-refractivity contribution is 5.74. The molecule has 1 saturated heterocycles. The first kappa shape index (κ1) is 16.3. The Morgan fingerprint density at radius 2 is 1.87 bits per heavy atom. The molecule has 0 aromatic heterocycles. The Hall–Kier alpha value is -1.59. The summed E-state index contributed by atoms with van der Waals surface area (Å²) in [6.07, 6.45) is 4.84. The molecule has 0 atom stereocenters. The summed E-state index contributed by atoms with van der Waals surface area (Å²) in [5, 5.41) is 6.08. The molecule has 1 heterocycles. The van der Waals surface area contributed by atoms with Crippen molar-refractivity contribution < 1.29 is 9.53 Å². The number of likely N-dealkylation sites (tertiary alicyclic amines) is 1. The minimum absolute atomic E-state index is 0.0675. The zero-order chi connectivity index (χ0) is 16.1. The van der Waals surface area contributed by atoms with Gasteiger partial charge in [-0.05, 0) is 36.8 Å². The van der Waals surface area contributed by atoms with Crippen molar-refractivity contribution in [3.63, 3.8) is 0 Å². The molecule has 1 aromatic rings. The van der Waals surface area contributed by atoms with Crippen molar-refractivity contribution in [2.75, 3.05) is 20.2 Å². The van der Waals surface area contributed by atoms with Crippen LogP contribution in [0.25, 0.3) is 0 Å². The summed E-state index contributed by atoms with van der Waals surface area (Å²) in [4.78, 5) is 14.7. The molecule has 1 aliphatic heterocycles. The average molecular weight is 317 g/mol. The molecule has 2 fully saturated rings. The Balaban J connectivity index is 1.41. The number of piperidine rings is 1. The molecule has 1 saturated carbocycles. The molecule has 23 heavy (non-hydrogen) atoms. The summed E-state index contributed by atoms with van der Waals surface area (Å²) in [5.41, 5.74) is 2.22.